The highest BCUT2D eigenvalue weighted by Crippen LogP contribution is 2.36. The van der Waals surface area contributed by atoms with Crippen molar-refractivity contribution in [3.63, 3.8) is 0 Å². The number of carbonyl (C=O) groups is 1. The lowest BCUT2D eigenvalue weighted by atomic mass is 10.1. The van der Waals surface area contributed by atoms with Crippen molar-refractivity contribution < 1.29 is 27.4 Å². The van der Waals surface area contributed by atoms with Crippen LogP contribution in [0, 0.1) is 0 Å². The number of amides is 1. The number of carbonyl (C=O) groups excluding carboxylic acids is 1. The largest absolute Gasteiger partial charge is 0.497 e. The normalized spacial score (nSPS) is 13.6. The number of benzene rings is 2. The molecule has 0 saturated heterocycles. The molecule has 0 bridgehead atoms. The molecule has 2 aromatic rings. The van der Waals surface area contributed by atoms with Crippen LogP contribution >= 0.6 is 0 Å². The molecule has 30 heavy (non-hydrogen) atoms. The number of fused-ring (bicyclic) bond motifs is 1. The minimum absolute atomic E-state index is 0.115. The second-order valence-electron chi connectivity index (χ2n) is 7.04. The summed E-state index contributed by atoms with van der Waals surface area (Å²) < 4.78 is 41.5. The van der Waals surface area contributed by atoms with Gasteiger partial charge in [0.25, 0.3) is 0 Å². The van der Waals surface area contributed by atoms with E-state index in [0.29, 0.717) is 23.6 Å². The first-order valence-electron chi connectivity index (χ1n) is 9.58. The highest BCUT2D eigenvalue weighted by atomic mass is 32.2. The van der Waals surface area contributed by atoms with Gasteiger partial charge in [0.2, 0.25) is 22.7 Å². The summed E-state index contributed by atoms with van der Waals surface area (Å²) in [5.41, 5.74) is 1.44. The highest BCUT2D eigenvalue weighted by Gasteiger charge is 2.21. The quantitative estimate of drug-likeness (QED) is 0.652. The number of sulfonamides is 1. The fourth-order valence-corrected chi connectivity index (χ4v) is 4.16. The molecule has 9 heteroatoms. The van der Waals surface area contributed by atoms with E-state index < -0.39 is 10.0 Å². The second kappa shape index (κ2) is 9.25. The van der Waals surface area contributed by atoms with E-state index in [-0.39, 0.29) is 31.7 Å². The Bertz CT molecular complexity index is 991. The van der Waals surface area contributed by atoms with Gasteiger partial charge >= 0.3 is 0 Å². The minimum atomic E-state index is -3.51. The van der Waals surface area contributed by atoms with Gasteiger partial charge in [-0.05, 0) is 43.2 Å². The predicted molar refractivity (Wildman–Crippen MR) is 114 cm³/mol. The van der Waals surface area contributed by atoms with Crippen LogP contribution in [0.4, 0.5) is 5.69 Å². The molecular weight excluding hydrogens is 408 g/mol. The molecule has 0 fully saturated rings. The fraction of sp³-hybridized carbons (Fsp3) is 0.381. The van der Waals surface area contributed by atoms with Crippen LogP contribution in [0.1, 0.15) is 31.4 Å². The fourth-order valence-electron chi connectivity index (χ4n) is 3.20. The van der Waals surface area contributed by atoms with Crippen LogP contribution < -0.4 is 23.8 Å². The third-order valence-corrected chi connectivity index (χ3v) is 6.00. The minimum Gasteiger partial charge on any atom is -0.497 e. The molecule has 1 N–H and O–H groups in total. The number of rotatable bonds is 9. The number of nitrogens with one attached hydrogen (secondary N) is 1. The molecule has 3 rings (SSSR count). The molecular formula is C21H26N2O6S. The van der Waals surface area contributed by atoms with Crippen molar-refractivity contribution in [2.75, 3.05) is 31.0 Å². The lowest BCUT2D eigenvalue weighted by Gasteiger charge is -2.23. The number of hydrogen-bond donors (Lipinski definition) is 1. The molecule has 0 aromatic heterocycles. The van der Waals surface area contributed by atoms with Gasteiger partial charge in [0.1, 0.15) is 5.75 Å². The third kappa shape index (κ3) is 5.35. The first-order chi connectivity index (χ1) is 14.3. The van der Waals surface area contributed by atoms with Crippen LogP contribution in [-0.4, -0.2) is 41.0 Å². The number of ether oxygens (including phenoxy) is 3. The smallest absolute Gasteiger partial charge is 0.232 e. The topological polar surface area (TPSA) is 94.2 Å². The average molecular weight is 435 g/mol. The van der Waals surface area contributed by atoms with Crippen molar-refractivity contribution in [2.24, 2.45) is 0 Å². The van der Waals surface area contributed by atoms with Crippen molar-refractivity contribution in [1.82, 2.24) is 5.32 Å². The second-order valence-corrected chi connectivity index (χ2v) is 8.95. The van der Waals surface area contributed by atoms with E-state index in [2.05, 4.69) is 5.32 Å². The lowest BCUT2D eigenvalue weighted by Crippen LogP contribution is -2.32. The van der Waals surface area contributed by atoms with Gasteiger partial charge < -0.3 is 19.5 Å². The van der Waals surface area contributed by atoms with E-state index in [1.165, 1.54) is 4.31 Å². The maximum absolute atomic E-state index is 12.3. The molecule has 1 amide bonds. The van der Waals surface area contributed by atoms with Crippen LogP contribution in [0.2, 0.25) is 0 Å². The standard InChI is InChI=1S/C21H26N2O6S/c1-15(16-6-9-18(27-2)10-7-16)22-21(24)5-4-12-23(30(3,25)26)17-8-11-19-20(13-17)29-14-28-19/h6-11,13,15H,4-5,12,14H2,1-3H3,(H,22,24). The van der Waals surface area contributed by atoms with Crippen molar-refractivity contribution >= 4 is 21.6 Å². The van der Waals surface area contributed by atoms with Gasteiger partial charge in [-0.15, -0.1) is 0 Å². The number of hydrogen-bond acceptors (Lipinski definition) is 6. The van der Waals surface area contributed by atoms with E-state index in [4.69, 9.17) is 14.2 Å². The Morgan fingerprint density at radius 3 is 2.53 bits per heavy atom. The summed E-state index contributed by atoms with van der Waals surface area (Å²) >= 11 is 0. The zero-order valence-corrected chi connectivity index (χ0v) is 18.1. The highest BCUT2D eigenvalue weighted by molar-refractivity contribution is 7.92. The SMILES string of the molecule is COc1ccc(C(C)NC(=O)CCCN(c2ccc3c(c2)OCO3)S(C)(=O)=O)cc1. The van der Waals surface area contributed by atoms with Crippen LogP contribution in [0.25, 0.3) is 0 Å². The predicted octanol–water partition coefficient (Wildman–Crippen LogP) is 2.85. The molecule has 0 spiro atoms. The summed E-state index contributed by atoms with van der Waals surface area (Å²) in [6.45, 7) is 2.20. The molecule has 1 aliphatic rings. The first kappa shape index (κ1) is 21.8. The molecule has 0 saturated carbocycles. The zero-order chi connectivity index (χ0) is 21.7. The number of methoxy groups -OCH3 is 1. The summed E-state index contributed by atoms with van der Waals surface area (Å²) in [5.74, 6) is 1.70. The van der Waals surface area contributed by atoms with Crippen LogP contribution in [-0.2, 0) is 14.8 Å². The van der Waals surface area contributed by atoms with Gasteiger partial charge in [-0.25, -0.2) is 8.42 Å². The molecule has 1 aliphatic heterocycles. The monoisotopic (exact) mass is 434 g/mol. The van der Waals surface area contributed by atoms with Crippen molar-refractivity contribution in [2.45, 2.75) is 25.8 Å². The maximum atomic E-state index is 12.3. The molecule has 0 radical (unpaired) electrons. The van der Waals surface area contributed by atoms with Gasteiger partial charge in [-0.2, -0.15) is 0 Å². The maximum Gasteiger partial charge on any atom is 0.232 e. The molecule has 1 unspecified atom stereocenters. The van der Waals surface area contributed by atoms with E-state index >= 15 is 0 Å². The Labute approximate surface area is 176 Å². The Morgan fingerprint density at radius 1 is 1.17 bits per heavy atom. The molecule has 1 atom stereocenters. The Balaban J connectivity index is 1.56. The molecule has 2 aromatic carbocycles. The summed E-state index contributed by atoms with van der Waals surface area (Å²) in [6.07, 6.45) is 1.73. The van der Waals surface area contributed by atoms with Crippen molar-refractivity contribution in [1.29, 1.82) is 0 Å². The lowest BCUT2D eigenvalue weighted by molar-refractivity contribution is -0.121. The van der Waals surface area contributed by atoms with E-state index in [1.54, 1.807) is 25.3 Å². The summed E-state index contributed by atoms with van der Waals surface area (Å²) in [6, 6.07) is 12.3. The van der Waals surface area contributed by atoms with Crippen molar-refractivity contribution in [3.8, 4) is 17.2 Å². The average Bonchev–Trinajstić information content (AvgIpc) is 3.18. The van der Waals surface area contributed by atoms with Crippen LogP contribution in [0.15, 0.2) is 42.5 Å². The molecule has 0 aliphatic carbocycles. The molecule has 162 valence electrons. The number of anilines is 1. The van der Waals surface area contributed by atoms with Gasteiger partial charge in [0.15, 0.2) is 11.5 Å². The number of nitrogens with zero attached hydrogens (tertiary/aromatic N) is 1. The van der Waals surface area contributed by atoms with Crippen molar-refractivity contribution in [3.05, 3.63) is 48.0 Å². The van der Waals surface area contributed by atoms with Crippen LogP contribution in [0.3, 0.4) is 0 Å². The van der Waals surface area contributed by atoms with Gasteiger partial charge in [0.05, 0.1) is 25.1 Å². The molecule has 1 heterocycles. The van der Waals surface area contributed by atoms with Gasteiger partial charge in [-0.1, -0.05) is 12.1 Å². The Hall–Kier alpha value is -2.94. The zero-order valence-electron chi connectivity index (χ0n) is 17.3. The summed E-state index contributed by atoms with van der Waals surface area (Å²) in [7, 11) is -1.91. The first-order valence-corrected chi connectivity index (χ1v) is 11.4. The Morgan fingerprint density at radius 2 is 1.87 bits per heavy atom. The Kier molecular flexibility index (Phi) is 6.71. The van der Waals surface area contributed by atoms with Gasteiger partial charge in [0, 0.05) is 19.0 Å². The van der Waals surface area contributed by atoms with E-state index in [1.807, 2.05) is 31.2 Å². The van der Waals surface area contributed by atoms with E-state index in [9.17, 15) is 13.2 Å². The summed E-state index contributed by atoms with van der Waals surface area (Å²) in [4.78, 5) is 12.3. The van der Waals surface area contributed by atoms with Gasteiger partial charge in [-0.3, -0.25) is 9.10 Å². The van der Waals surface area contributed by atoms with E-state index in [0.717, 1.165) is 17.6 Å². The van der Waals surface area contributed by atoms with Crippen LogP contribution in [0.5, 0.6) is 17.2 Å². The third-order valence-electron chi connectivity index (χ3n) is 4.80. The summed E-state index contributed by atoms with van der Waals surface area (Å²) in [5, 5.41) is 2.94. The molecule has 8 nitrogen and oxygen atoms in total.